The summed E-state index contributed by atoms with van der Waals surface area (Å²) in [5.41, 5.74) is -1.14. The molecule has 1 fully saturated rings. The molecular formula is C15H29NO3. The summed E-state index contributed by atoms with van der Waals surface area (Å²) in [4.78, 5) is 13.7. The number of β-amino-alcohol motifs (C(OH)–C–C–N with tert-alkyl or cyclic N) is 1. The van der Waals surface area contributed by atoms with Crippen LogP contribution >= 0.6 is 0 Å². The second-order valence-electron chi connectivity index (χ2n) is 6.04. The minimum Gasteiger partial charge on any atom is -0.481 e. The molecule has 1 saturated heterocycles. The molecule has 0 amide bonds. The van der Waals surface area contributed by atoms with Crippen LogP contribution < -0.4 is 0 Å². The smallest absolute Gasteiger partial charge is 0.309 e. The molecule has 0 radical (unpaired) electrons. The van der Waals surface area contributed by atoms with E-state index in [1.165, 1.54) is 0 Å². The van der Waals surface area contributed by atoms with Gasteiger partial charge in [0.1, 0.15) is 0 Å². The molecule has 0 bridgehead atoms. The van der Waals surface area contributed by atoms with Crippen LogP contribution in [0.4, 0.5) is 0 Å². The fourth-order valence-corrected chi connectivity index (χ4v) is 3.08. The first-order valence-corrected chi connectivity index (χ1v) is 7.59. The number of hydrogen-bond donors (Lipinski definition) is 2. The van der Waals surface area contributed by atoms with E-state index < -0.39 is 17.0 Å². The molecule has 0 aromatic carbocycles. The number of carbonyl (C=O) groups is 1. The van der Waals surface area contributed by atoms with Crippen LogP contribution in [-0.2, 0) is 4.79 Å². The molecule has 2 N–H and O–H groups in total. The lowest BCUT2D eigenvalue weighted by Gasteiger charge is -2.41. The van der Waals surface area contributed by atoms with Gasteiger partial charge in [-0.05, 0) is 45.2 Å². The minimum atomic E-state index is -0.643. The summed E-state index contributed by atoms with van der Waals surface area (Å²) in [5, 5.41) is 19.8. The van der Waals surface area contributed by atoms with Crippen LogP contribution in [0.2, 0.25) is 0 Å². The van der Waals surface area contributed by atoms with E-state index in [0.717, 1.165) is 38.8 Å². The number of nitrogens with zero attached hydrogens (tertiary/aromatic N) is 1. The molecule has 0 aliphatic carbocycles. The van der Waals surface area contributed by atoms with E-state index in [9.17, 15) is 15.0 Å². The first kappa shape index (κ1) is 16.4. The quantitative estimate of drug-likeness (QED) is 0.747. The minimum absolute atomic E-state index is 0.526. The number of carboxylic acids is 1. The van der Waals surface area contributed by atoms with Crippen molar-refractivity contribution in [2.75, 3.05) is 19.6 Å². The number of carboxylic acid groups (broad SMARTS) is 1. The highest BCUT2D eigenvalue weighted by Crippen LogP contribution is 2.37. The molecule has 112 valence electrons. The van der Waals surface area contributed by atoms with Crippen molar-refractivity contribution in [1.29, 1.82) is 0 Å². The van der Waals surface area contributed by atoms with E-state index in [4.69, 9.17) is 0 Å². The van der Waals surface area contributed by atoms with Gasteiger partial charge in [0, 0.05) is 6.54 Å². The highest BCUT2D eigenvalue weighted by atomic mass is 16.4. The normalized spacial score (nSPS) is 20.4. The van der Waals surface area contributed by atoms with Gasteiger partial charge in [-0.25, -0.2) is 0 Å². The maximum absolute atomic E-state index is 11.5. The zero-order chi connectivity index (χ0) is 14.5. The summed E-state index contributed by atoms with van der Waals surface area (Å²) in [6, 6.07) is 0. The summed E-state index contributed by atoms with van der Waals surface area (Å²) in [6.45, 7) is 8.30. The van der Waals surface area contributed by atoms with E-state index in [-0.39, 0.29) is 0 Å². The number of rotatable bonds is 7. The third kappa shape index (κ3) is 3.93. The fraction of sp³-hybridized carbons (Fsp3) is 0.933. The van der Waals surface area contributed by atoms with Gasteiger partial charge in [-0.1, -0.05) is 27.2 Å². The summed E-state index contributed by atoms with van der Waals surface area (Å²) in [6.07, 6.45) is 4.60. The van der Waals surface area contributed by atoms with Crippen molar-refractivity contribution in [3.63, 3.8) is 0 Å². The van der Waals surface area contributed by atoms with Gasteiger partial charge >= 0.3 is 5.97 Å². The molecule has 0 unspecified atom stereocenters. The second kappa shape index (κ2) is 6.71. The molecule has 0 spiro atoms. The maximum Gasteiger partial charge on any atom is 0.309 e. The predicted octanol–water partition coefficient (Wildman–Crippen LogP) is 2.50. The summed E-state index contributed by atoms with van der Waals surface area (Å²) in [7, 11) is 0. The molecule has 4 nitrogen and oxygen atoms in total. The number of likely N-dealkylation sites (tertiary alicyclic amines) is 1. The second-order valence-corrected chi connectivity index (χ2v) is 6.04. The number of hydrogen-bond acceptors (Lipinski definition) is 3. The lowest BCUT2D eigenvalue weighted by Crippen LogP contribution is -2.49. The van der Waals surface area contributed by atoms with Crippen molar-refractivity contribution in [2.45, 2.75) is 64.9 Å². The van der Waals surface area contributed by atoms with Gasteiger partial charge in [0.2, 0.25) is 0 Å². The maximum atomic E-state index is 11.5. The van der Waals surface area contributed by atoms with Crippen LogP contribution in [0.1, 0.15) is 59.3 Å². The third-order valence-corrected chi connectivity index (χ3v) is 4.83. The van der Waals surface area contributed by atoms with E-state index >= 15 is 0 Å². The van der Waals surface area contributed by atoms with Gasteiger partial charge in [-0.2, -0.15) is 0 Å². The first-order chi connectivity index (χ1) is 8.91. The largest absolute Gasteiger partial charge is 0.481 e. The Morgan fingerprint density at radius 3 is 2.11 bits per heavy atom. The Kier molecular flexibility index (Phi) is 5.81. The highest BCUT2D eigenvalue weighted by molar-refractivity contribution is 5.74. The summed E-state index contributed by atoms with van der Waals surface area (Å²) >= 11 is 0. The van der Waals surface area contributed by atoms with Crippen LogP contribution in [-0.4, -0.2) is 46.3 Å². The third-order valence-electron chi connectivity index (χ3n) is 4.83. The Morgan fingerprint density at radius 1 is 1.21 bits per heavy atom. The van der Waals surface area contributed by atoms with Crippen molar-refractivity contribution in [2.24, 2.45) is 5.41 Å². The van der Waals surface area contributed by atoms with E-state index in [2.05, 4.69) is 4.90 Å². The van der Waals surface area contributed by atoms with Crippen molar-refractivity contribution >= 4 is 5.97 Å². The highest BCUT2D eigenvalue weighted by Gasteiger charge is 2.41. The first-order valence-electron chi connectivity index (χ1n) is 7.59. The van der Waals surface area contributed by atoms with Crippen LogP contribution in [0.25, 0.3) is 0 Å². The zero-order valence-electron chi connectivity index (χ0n) is 12.6. The number of piperidine rings is 1. The van der Waals surface area contributed by atoms with Crippen molar-refractivity contribution in [3.8, 4) is 0 Å². The Balaban J connectivity index is 2.58. The monoisotopic (exact) mass is 271 g/mol. The SMILES string of the molecule is CCCC1(C(=O)O)CCN(CC(O)(CC)CC)CC1. The van der Waals surface area contributed by atoms with Gasteiger partial charge in [0.15, 0.2) is 0 Å². The van der Waals surface area contributed by atoms with Gasteiger partial charge in [0.05, 0.1) is 11.0 Å². The zero-order valence-corrected chi connectivity index (χ0v) is 12.6. The molecule has 1 aliphatic heterocycles. The predicted molar refractivity (Wildman–Crippen MR) is 76.2 cm³/mol. The van der Waals surface area contributed by atoms with Crippen LogP contribution in [0.15, 0.2) is 0 Å². The van der Waals surface area contributed by atoms with Gasteiger partial charge in [-0.15, -0.1) is 0 Å². The molecular weight excluding hydrogens is 242 g/mol. The van der Waals surface area contributed by atoms with E-state index in [1.54, 1.807) is 0 Å². The molecule has 0 saturated carbocycles. The van der Waals surface area contributed by atoms with Gasteiger partial charge in [0.25, 0.3) is 0 Å². The van der Waals surface area contributed by atoms with Crippen LogP contribution in [0.3, 0.4) is 0 Å². The Hall–Kier alpha value is -0.610. The average Bonchev–Trinajstić information content (AvgIpc) is 2.41. The lowest BCUT2D eigenvalue weighted by molar-refractivity contribution is -0.153. The average molecular weight is 271 g/mol. The Morgan fingerprint density at radius 2 is 1.74 bits per heavy atom. The number of aliphatic hydroxyl groups is 1. The van der Waals surface area contributed by atoms with Crippen molar-refractivity contribution in [3.05, 3.63) is 0 Å². The van der Waals surface area contributed by atoms with Gasteiger partial charge in [-0.3, -0.25) is 4.79 Å². The van der Waals surface area contributed by atoms with E-state index in [0.29, 0.717) is 19.4 Å². The summed E-state index contributed by atoms with van der Waals surface area (Å²) in [5.74, 6) is -0.643. The van der Waals surface area contributed by atoms with Gasteiger partial charge < -0.3 is 15.1 Å². The van der Waals surface area contributed by atoms with Crippen molar-refractivity contribution < 1.29 is 15.0 Å². The molecule has 0 aromatic heterocycles. The standard InChI is InChI=1S/C15H29NO3/c1-4-7-14(13(17)18)8-10-16(11-9-14)12-15(19,5-2)6-3/h19H,4-12H2,1-3H3,(H,17,18). The number of aliphatic carboxylic acids is 1. The molecule has 19 heavy (non-hydrogen) atoms. The van der Waals surface area contributed by atoms with Crippen LogP contribution in [0, 0.1) is 5.41 Å². The van der Waals surface area contributed by atoms with Crippen molar-refractivity contribution in [1.82, 2.24) is 4.90 Å². The molecule has 0 atom stereocenters. The molecule has 1 aliphatic rings. The topological polar surface area (TPSA) is 60.8 Å². The lowest BCUT2D eigenvalue weighted by atomic mass is 9.74. The summed E-state index contributed by atoms with van der Waals surface area (Å²) < 4.78 is 0. The molecule has 0 aromatic rings. The Bertz CT molecular complexity index is 292. The molecule has 4 heteroatoms. The molecule has 1 heterocycles. The van der Waals surface area contributed by atoms with E-state index in [1.807, 2.05) is 20.8 Å². The fourth-order valence-electron chi connectivity index (χ4n) is 3.08. The Labute approximate surface area is 116 Å². The van der Waals surface area contributed by atoms with Crippen LogP contribution in [0.5, 0.6) is 0 Å². The molecule has 1 rings (SSSR count).